The number of hydrogen-bond acceptors (Lipinski definition) is 3. The summed E-state index contributed by atoms with van der Waals surface area (Å²) in [5.74, 6) is -0.182. The molecule has 3 nitrogen and oxygen atoms in total. The topological polar surface area (TPSA) is 24.5 Å². The van der Waals surface area contributed by atoms with Gasteiger partial charge in [0, 0.05) is 26.2 Å². The summed E-state index contributed by atoms with van der Waals surface area (Å²) in [5, 5.41) is 3.40. The van der Waals surface area contributed by atoms with Crippen LogP contribution in [0.5, 0.6) is 0 Å². The number of rotatable bonds is 9. The van der Waals surface area contributed by atoms with Crippen molar-refractivity contribution in [3.63, 3.8) is 0 Å². The molecular weight excluding hydrogens is 243 g/mol. The summed E-state index contributed by atoms with van der Waals surface area (Å²) < 4.78 is 18.4. The fraction of sp³-hybridized carbons (Fsp3) is 0.600. The zero-order valence-electron chi connectivity index (χ0n) is 12.2. The summed E-state index contributed by atoms with van der Waals surface area (Å²) in [6.45, 7) is 5.43. The molecule has 1 N–H and O–H groups in total. The minimum absolute atomic E-state index is 0.182. The molecule has 0 heterocycles. The molecule has 108 valence electrons. The highest BCUT2D eigenvalue weighted by Crippen LogP contribution is 2.08. The average molecular weight is 268 g/mol. The van der Waals surface area contributed by atoms with E-state index in [1.165, 1.54) is 6.07 Å². The lowest BCUT2D eigenvalue weighted by Gasteiger charge is -2.28. The van der Waals surface area contributed by atoms with Crippen molar-refractivity contribution in [2.45, 2.75) is 25.9 Å². The van der Waals surface area contributed by atoms with E-state index in [-0.39, 0.29) is 5.82 Å². The Bertz CT molecular complexity index is 360. The molecular formula is C15H25FN2O. The van der Waals surface area contributed by atoms with Crippen LogP contribution in [0.25, 0.3) is 0 Å². The molecule has 0 amide bonds. The summed E-state index contributed by atoms with van der Waals surface area (Å²) in [6.07, 6.45) is 1.12. The van der Waals surface area contributed by atoms with Crippen molar-refractivity contribution in [1.82, 2.24) is 10.2 Å². The Hall–Kier alpha value is -0.970. The molecule has 0 aromatic heterocycles. The number of nitrogens with one attached hydrogen (secondary N) is 1. The normalized spacial score (nSPS) is 12.9. The van der Waals surface area contributed by atoms with Crippen molar-refractivity contribution in [2.24, 2.45) is 0 Å². The lowest BCUT2D eigenvalue weighted by Crippen LogP contribution is -2.42. The van der Waals surface area contributed by atoms with Crippen molar-refractivity contribution in [3.05, 3.63) is 35.6 Å². The first kappa shape index (κ1) is 16.1. The van der Waals surface area contributed by atoms with Crippen molar-refractivity contribution in [2.75, 3.05) is 33.9 Å². The van der Waals surface area contributed by atoms with Crippen LogP contribution in [-0.4, -0.2) is 44.8 Å². The summed E-state index contributed by atoms with van der Waals surface area (Å²) in [7, 11) is 3.76. The van der Waals surface area contributed by atoms with Gasteiger partial charge < -0.3 is 10.1 Å². The molecule has 0 saturated heterocycles. The Labute approximate surface area is 115 Å². The molecule has 0 aliphatic rings. The Morgan fingerprint density at radius 3 is 2.84 bits per heavy atom. The molecule has 0 bridgehead atoms. The Kier molecular flexibility index (Phi) is 7.63. The number of likely N-dealkylation sites (N-methyl/N-ethyl adjacent to an activating group) is 1. The second-order valence-electron chi connectivity index (χ2n) is 4.86. The van der Waals surface area contributed by atoms with E-state index in [9.17, 15) is 4.39 Å². The van der Waals surface area contributed by atoms with Gasteiger partial charge in [-0.1, -0.05) is 19.1 Å². The van der Waals surface area contributed by atoms with Crippen molar-refractivity contribution in [1.29, 1.82) is 0 Å². The minimum atomic E-state index is -0.182. The first-order chi connectivity index (χ1) is 9.17. The van der Waals surface area contributed by atoms with E-state index in [0.717, 1.165) is 31.6 Å². The summed E-state index contributed by atoms with van der Waals surface area (Å²) in [6, 6.07) is 7.04. The fourth-order valence-electron chi connectivity index (χ4n) is 2.03. The third-order valence-electron chi connectivity index (χ3n) is 3.11. The molecule has 1 rings (SSSR count). The molecule has 0 aliphatic carbocycles. The van der Waals surface area contributed by atoms with E-state index >= 15 is 0 Å². The third kappa shape index (κ3) is 6.14. The highest BCUT2D eigenvalue weighted by Gasteiger charge is 2.14. The Balaban J connectivity index is 2.52. The number of benzene rings is 1. The average Bonchev–Trinajstić information content (AvgIpc) is 2.38. The first-order valence-corrected chi connectivity index (χ1v) is 6.81. The maximum atomic E-state index is 13.2. The van der Waals surface area contributed by atoms with Gasteiger partial charge in [-0.3, -0.25) is 4.90 Å². The third-order valence-corrected chi connectivity index (χ3v) is 3.11. The van der Waals surface area contributed by atoms with Crippen molar-refractivity contribution >= 4 is 0 Å². The fourth-order valence-corrected chi connectivity index (χ4v) is 2.03. The van der Waals surface area contributed by atoms with Gasteiger partial charge in [-0.25, -0.2) is 4.39 Å². The quantitative estimate of drug-likeness (QED) is 0.695. The minimum Gasteiger partial charge on any atom is -0.383 e. The van der Waals surface area contributed by atoms with E-state index < -0.39 is 0 Å². The van der Waals surface area contributed by atoms with Crippen LogP contribution in [0.15, 0.2) is 24.3 Å². The number of methoxy groups -OCH3 is 1. The van der Waals surface area contributed by atoms with Gasteiger partial charge in [0.2, 0.25) is 0 Å². The van der Waals surface area contributed by atoms with Gasteiger partial charge in [0.15, 0.2) is 0 Å². The smallest absolute Gasteiger partial charge is 0.123 e. The molecule has 19 heavy (non-hydrogen) atoms. The molecule has 1 aromatic rings. The van der Waals surface area contributed by atoms with Crippen molar-refractivity contribution in [3.8, 4) is 0 Å². The monoisotopic (exact) mass is 268 g/mol. The summed E-state index contributed by atoms with van der Waals surface area (Å²) in [5.41, 5.74) is 0.985. The van der Waals surface area contributed by atoms with Gasteiger partial charge in [0.25, 0.3) is 0 Å². The van der Waals surface area contributed by atoms with Crippen LogP contribution < -0.4 is 5.32 Å². The zero-order valence-corrected chi connectivity index (χ0v) is 12.2. The SMILES string of the molecule is CCCNCC(COC)N(C)Cc1cccc(F)c1. The van der Waals surface area contributed by atoms with E-state index in [0.29, 0.717) is 12.6 Å². The van der Waals surface area contributed by atoms with E-state index in [1.807, 2.05) is 13.1 Å². The van der Waals surface area contributed by atoms with Crippen LogP contribution in [0.3, 0.4) is 0 Å². The predicted molar refractivity (Wildman–Crippen MR) is 76.7 cm³/mol. The van der Waals surface area contributed by atoms with Gasteiger partial charge in [-0.05, 0) is 37.7 Å². The number of ether oxygens (including phenoxy) is 1. The Morgan fingerprint density at radius 2 is 2.21 bits per heavy atom. The highest BCUT2D eigenvalue weighted by atomic mass is 19.1. The van der Waals surface area contributed by atoms with E-state index in [1.54, 1.807) is 19.2 Å². The van der Waals surface area contributed by atoms with E-state index in [4.69, 9.17) is 4.74 Å². The molecule has 1 atom stereocenters. The van der Waals surface area contributed by atoms with Gasteiger partial charge in [0.05, 0.1) is 6.61 Å². The molecule has 1 aromatic carbocycles. The van der Waals surface area contributed by atoms with E-state index in [2.05, 4.69) is 17.1 Å². The number of nitrogens with zero attached hydrogens (tertiary/aromatic N) is 1. The van der Waals surface area contributed by atoms with Crippen LogP contribution in [0.1, 0.15) is 18.9 Å². The van der Waals surface area contributed by atoms with Gasteiger partial charge in [-0.2, -0.15) is 0 Å². The molecule has 0 aliphatic heterocycles. The maximum Gasteiger partial charge on any atom is 0.123 e. The molecule has 1 unspecified atom stereocenters. The second kappa shape index (κ2) is 9.02. The number of hydrogen-bond donors (Lipinski definition) is 1. The molecule has 4 heteroatoms. The lowest BCUT2D eigenvalue weighted by molar-refractivity contribution is 0.101. The summed E-state index contributed by atoms with van der Waals surface area (Å²) >= 11 is 0. The molecule has 0 fully saturated rings. The van der Waals surface area contributed by atoms with Crippen LogP contribution in [0.2, 0.25) is 0 Å². The maximum absolute atomic E-state index is 13.2. The predicted octanol–water partition coefficient (Wildman–Crippen LogP) is 2.27. The van der Waals surface area contributed by atoms with Crippen molar-refractivity contribution < 1.29 is 9.13 Å². The molecule has 0 saturated carbocycles. The zero-order chi connectivity index (χ0) is 14.1. The van der Waals surface area contributed by atoms with Gasteiger partial charge in [-0.15, -0.1) is 0 Å². The molecule has 0 spiro atoms. The van der Waals surface area contributed by atoms with Gasteiger partial charge >= 0.3 is 0 Å². The standard InChI is InChI=1S/C15H25FN2O/c1-4-8-17-10-15(12-19-3)18(2)11-13-6-5-7-14(16)9-13/h5-7,9,15,17H,4,8,10-12H2,1-3H3. The largest absolute Gasteiger partial charge is 0.383 e. The second-order valence-corrected chi connectivity index (χ2v) is 4.86. The first-order valence-electron chi connectivity index (χ1n) is 6.81. The highest BCUT2D eigenvalue weighted by molar-refractivity contribution is 5.16. The molecule has 0 radical (unpaired) electrons. The lowest BCUT2D eigenvalue weighted by atomic mass is 10.2. The summed E-state index contributed by atoms with van der Waals surface area (Å²) in [4.78, 5) is 2.20. The van der Waals surface area contributed by atoms with Crippen LogP contribution in [0, 0.1) is 5.82 Å². The van der Waals surface area contributed by atoms with Crippen LogP contribution in [-0.2, 0) is 11.3 Å². The van der Waals surface area contributed by atoms with Gasteiger partial charge in [0.1, 0.15) is 5.82 Å². The van der Waals surface area contributed by atoms with Crippen LogP contribution >= 0.6 is 0 Å². The Morgan fingerprint density at radius 1 is 1.42 bits per heavy atom. The van der Waals surface area contributed by atoms with Crippen LogP contribution in [0.4, 0.5) is 4.39 Å². The number of halogens is 1.